The number of ether oxygens (including phenoxy) is 1. The van der Waals surface area contributed by atoms with Crippen LogP contribution in [0, 0.1) is 5.39 Å². The molecule has 94 valence electrons. The van der Waals surface area contributed by atoms with E-state index in [1.54, 1.807) is 25.1 Å². The molecule has 0 atom stereocenters. The molecule has 0 aromatic heterocycles. The van der Waals surface area contributed by atoms with Crippen LogP contribution < -0.4 is 0 Å². The Bertz CT molecular complexity index is 520. The average molecular weight is 312 g/mol. The molecule has 0 saturated carbocycles. The van der Waals surface area contributed by atoms with Gasteiger partial charge in [0, 0.05) is 10.9 Å². The van der Waals surface area contributed by atoms with E-state index in [1.165, 1.54) is 0 Å². The summed E-state index contributed by atoms with van der Waals surface area (Å²) in [5.41, 5.74) is 0.296. The number of benzene rings is 1. The van der Waals surface area contributed by atoms with E-state index in [1.807, 2.05) is 6.07 Å². The molecule has 0 heterocycles. The quantitative estimate of drug-likeness (QED) is 0.401. The first-order chi connectivity index (χ1) is 8.58. The Morgan fingerprint density at radius 3 is 2.83 bits per heavy atom. The van der Waals surface area contributed by atoms with Gasteiger partial charge in [-0.1, -0.05) is 28.1 Å². The summed E-state index contributed by atoms with van der Waals surface area (Å²) in [5.74, 6) is -1.19. The highest BCUT2D eigenvalue weighted by Gasteiger charge is 2.30. The third-order valence-corrected chi connectivity index (χ3v) is 2.60. The number of carbonyl (C=O) groups is 1. The number of hydrogen-bond acceptors (Lipinski definition) is 4. The van der Waals surface area contributed by atoms with E-state index in [4.69, 9.17) is 5.39 Å². The van der Waals surface area contributed by atoms with E-state index in [-0.39, 0.29) is 18.8 Å². The van der Waals surface area contributed by atoms with Gasteiger partial charge in [-0.15, -0.1) is 0 Å². The number of diazo groups is 1. The van der Waals surface area contributed by atoms with Crippen LogP contribution in [0.1, 0.15) is 12.5 Å². The first kappa shape index (κ1) is 14.2. The molecule has 0 fully saturated rings. The van der Waals surface area contributed by atoms with Crippen LogP contribution in [0.5, 0.6) is 0 Å². The Kier molecular flexibility index (Phi) is 5.33. The number of nitrogens with zero attached hydrogens (tertiary/aromatic N) is 2. The van der Waals surface area contributed by atoms with E-state index in [0.717, 1.165) is 10.0 Å². The van der Waals surface area contributed by atoms with Gasteiger partial charge in [-0.25, -0.2) is 4.79 Å². The molecule has 0 saturated heterocycles. The normalized spacial score (nSPS) is 11.4. The number of hydrogen-bond donors (Lipinski definition) is 1. The molecular formula is C12H12BrN2O3+. The first-order valence-corrected chi connectivity index (χ1v) is 6.06. The molecule has 5 nitrogen and oxygen atoms in total. The topological polar surface area (TPSA) is 74.7 Å². The fraction of sp³-hybridized carbons (Fsp3) is 0.250. The second-order valence-corrected chi connectivity index (χ2v) is 4.34. The molecule has 1 aromatic carbocycles. The number of halogens is 1. The summed E-state index contributed by atoms with van der Waals surface area (Å²) in [7, 11) is 0. The van der Waals surface area contributed by atoms with Gasteiger partial charge >= 0.3 is 11.7 Å². The maximum Gasteiger partial charge on any atom is 0.505 e. The van der Waals surface area contributed by atoms with Crippen molar-refractivity contribution in [2.45, 2.75) is 13.3 Å². The highest BCUT2D eigenvalue weighted by atomic mass is 79.9. The Morgan fingerprint density at radius 1 is 1.56 bits per heavy atom. The lowest BCUT2D eigenvalue weighted by atomic mass is 10.1. The predicted molar refractivity (Wildman–Crippen MR) is 69.2 cm³/mol. The SMILES string of the molecule is CCOC(=O)/C([N+]#N)=C(\O)Cc1cccc(Br)c1. The van der Waals surface area contributed by atoms with E-state index >= 15 is 0 Å². The number of carbonyl (C=O) groups excluding carboxylic acids is 1. The van der Waals surface area contributed by atoms with Gasteiger partial charge in [0.1, 0.15) is 0 Å². The Labute approximate surface area is 113 Å². The monoisotopic (exact) mass is 311 g/mol. The van der Waals surface area contributed by atoms with Gasteiger partial charge in [-0.05, 0) is 24.6 Å². The zero-order valence-corrected chi connectivity index (χ0v) is 11.3. The molecule has 1 aromatic rings. The molecule has 0 unspecified atom stereocenters. The van der Waals surface area contributed by atoms with Gasteiger partial charge in [-0.2, -0.15) is 0 Å². The minimum absolute atomic E-state index is 0.0810. The van der Waals surface area contributed by atoms with Crippen molar-refractivity contribution in [3.8, 4) is 0 Å². The maximum atomic E-state index is 11.4. The highest BCUT2D eigenvalue weighted by Crippen LogP contribution is 2.16. The average Bonchev–Trinajstić information content (AvgIpc) is 2.30. The van der Waals surface area contributed by atoms with Crippen LogP contribution in [0.3, 0.4) is 0 Å². The summed E-state index contributed by atoms with van der Waals surface area (Å²) < 4.78 is 5.51. The molecule has 0 spiro atoms. The molecule has 0 aliphatic carbocycles. The molecule has 0 aliphatic heterocycles. The summed E-state index contributed by atoms with van der Waals surface area (Å²) in [6.45, 7) is 1.76. The van der Waals surface area contributed by atoms with Gasteiger partial charge in [0.25, 0.3) is 0 Å². The Balaban J connectivity index is 2.94. The van der Waals surface area contributed by atoms with Gasteiger partial charge < -0.3 is 9.84 Å². The minimum Gasteiger partial charge on any atom is -0.504 e. The largest absolute Gasteiger partial charge is 0.505 e. The summed E-state index contributed by atoms with van der Waals surface area (Å²) in [4.78, 5) is 14.1. The van der Waals surface area contributed by atoms with Gasteiger partial charge in [0.15, 0.2) is 4.98 Å². The molecule has 1 N–H and O–H groups in total. The molecule has 1 rings (SSSR count). The van der Waals surface area contributed by atoms with Crippen molar-refractivity contribution in [3.05, 3.63) is 50.7 Å². The third-order valence-electron chi connectivity index (χ3n) is 2.10. The molecule has 6 heteroatoms. The molecule has 0 amide bonds. The lowest BCUT2D eigenvalue weighted by molar-refractivity contribution is -0.138. The van der Waals surface area contributed by atoms with E-state index in [2.05, 4.69) is 25.6 Å². The Hall–Kier alpha value is -1.87. The van der Waals surface area contributed by atoms with Gasteiger partial charge in [-0.3, -0.25) is 0 Å². The maximum absolute atomic E-state index is 11.4. The summed E-state index contributed by atoms with van der Waals surface area (Å²) in [5, 5.41) is 18.5. The van der Waals surface area contributed by atoms with Crippen LogP contribution >= 0.6 is 15.9 Å². The van der Waals surface area contributed by atoms with E-state index in [9.17, 15) is 9.90 Å². The van der Waals surface area contributed by atoms with Crippen molar-refractivity contribution in [2.75, 3.05) is 6.61 Å². The molecule has 0 aliphatic rings. The van der Waals surface area contributed by atoms with Crippen molar-refractivity contribution in [2.24, 2.45) is 0 Å². The zero-order chi connectivity index (χ0) is 13.5. The lowest BCUT2D eigenvalue weighted by Gasteiger charge is -2.00. The van der Waals surface area contributed by atoms with Gasteiger partial charge in [0.05, 0.1) is 6.61 Å². The molecular weight excluding hydrogens is 300 g/mol. The second-order valence-electron chi connectivity index (χ2n) is 3.42. The highest BCUT2D eigenvalue weighted by molar-refractivity contribution is 9.10. The summed E-state index contributed by atoms with van der Waals surface area (Å²) in [6.07, 6.45) is 0.0810. The van der Waals surface area contributed by atoms with E-state index in [0.29, 0.717) is 0 Å². The van der Waals surface area contributed by atoms with Crippen molar-refractivity contribution in [3.63, 3.8) is 0 Å². The van der Waals surface area contributed by atoms with Crippen LogP contribution in [0.2, 0.25) is 0 Å². The number of esters is 1. The minimum atomic E-state index is -0.854. The van der Waals surface area contributed by atoms with Crippen LogP contribution in [-0.4, -0.2) is 17.7 Å². The number of aliphatic hydroxyl groups is 1. The van der Waals surface area contributed by atoms with Crippen LogP contribution in [-0.2, 0) is 16.0 Å². The molecule has 18 heavy (non-hydrogen) atoms. The van der Waals surface area contributed by atoms with Crippen molar-refractivity contribution in [1.82, 2.24) is 0 Å². The van der Waals surface area contributed by atoms with Crippen molar-refractivity contribution < 1.29 is 14.6 Å². The number of aliphatic hydroxyl groups excluding tert-OH is 1. The third kappa shape index (κ3) is 3.86. The molecule has 0 radical (unpaired) electrons. The predicted octanol–water partition coefficient (Wildman–Crippen LogP) is 3.18. The van der Waals surface area contributed by atoms with Gasteiger partial charge in [0.2, 0.25) is 11.2 Å². The standard InChI is InChI=1S/C12H11BrN2O3/c1-2-18-12(17)11(15-14)10(16)7-8-4-3-5-9(13)6-8/h3-6H,2,7H2,1H3/p+1. The smallest absolute Gasteiger partial charge is 0.504 e. The lowest BCUT2D eigenvalue weighted by Crippen LogP contribution is -2.08. The first-order valence-electron chi connectivity index (χ1n) is 5.27. The molecule has 0 bridgehead atoms. The fourth-order valence-electron chi connectivity index (χ4n) is 1.34. The number of rotatable bonds is 4. The van der Waals surface area contributed by atoms with Crippen molar-refractivity contribution >= 4 is 21.9 Å². The van der Waals surface area contributed by atoms with Crippen LogP contribution in [0.4, 0.5) is 0 Å². The van der Waals surface area contributed by atoms with Crippen LogP contribution in [0.15, 0.2) is 40.2 Å². The fourth-order valence-corrected chi connectivity index (χ4v) is 1.79. The number of allylic oxidation sites excluding steroid dienone is 1. The van der Waals surface area contributed by atoms with E-state index < -0.39 is 11.7 Å². The van der Waals surface area contributed by atoms with Crippen LogP contribution in [0.25, 0.3) is 4.98 Å². The zero-order valence-electron chi connectivity index (χ0n) is 9.76. The Morgan fingerprint density at radius 2 is 2.28 bits per heavy atom. The summed E-state index contributed by atoms with van der Waals surface area (Å²) >= 11 is 3.30. The summed E-state index contributed by atoms with van der Waals surface area (Å²) in [6, 6.07) is 7.21. The second kappa shape index (κ2) is 6.77. The van der Waals surface area contributed by atoms with Crippen molar-refractivity contribution in [1.29, 1.82) is 5.39 Å².